The smallest absolute Gasteiger partial charge is 0.262 e. The third kappa shape index (κ3) is 4.42. The van der Waals surface area contributed by atoms with E-state index in [1.807, 2.05) is 32.0 Å². The van der Waals surface area contributed by atoms with Crippen molar-refractivity contribution in [1.82, 2.24) is 0 Å². The highest BCUT2D eigenvalue weighted by molar-refractivity contribution is 9.11. The fraction of sp³-hybridized carbons (Fsp3) is 0.176. The number of hydrogen-bond donors (Lipinski definition) is 1. The lowest BCUT2D eigenvalue weighted by Gasteiger charge is -2.13. The molecular formula is C17H15Br2NO3. The van der Waals surface area contributed by atoms with Crippen LogP contribution in [0.15, 0.2) is 39.3 Å². The van der Waals surface area contributed by atoms with Crippen molar-refractivity contribution in [3.63, 3.8) is 0 Å². The molecule has 2 rings (SSSR count). The van der Waals surface area contributed by atoms with Crippen LogP contribution >= 0.6 is 31.9 Å². The van der Waals surface area contributed by atoms with Crippen LogP contribution in [0.5, 0.6) is 5.75 Å². The van der Waals surface area contributed by atoms with Gasteiger partial charge < -0.3 is 10.1 Å². The summed E-state index contributed by atoms with van der Waals surface area (Å²) in [5.41, 5.74) is 3.23. The van der Waals surface area contributed by atoms with E-state index in [0.717, 1.165) is 21.3 Å². The zero-order valence-corrected chi connectivity index (χ0v) is 15.8. The second kappa shape index (κ2) is 7.75. The van der Waals surface area contributed by atoms with Crippen molar-refractivity contribution in [2.75, 3.05) is 11.9 Å². The molecule has 1 amide bonds. The average molecular weight is 441 g/mol. The van der Waals surface area contributed by atoms with Crippen molar-refractivity contribution >= 4 is 49.7 Å². The Kier molecular flexibility index (Phi) is 5.96. The Balaban J connectivity index is 2.08. The highest BCUT2D eigenvalue weighted by Crippen LogP contribution is 2.32. The molecule has 2 aromatic rings. The first-order chi connectivity index (χ1) is 10.9. The maximum atomic E-state index is 12.1. The van der Waals surface area contributed by atoms with E-state index in [-0.39, 0.29) is 12.5 Å². The van der Waals surface area contributed by atoms with Gasteiger partial charge in [-0.25, -0.2) is 0 Å². The predicted octanol–water partition coefficient (Wildman–Crippen LogP) is 4.66. The normalized spacial score (nSPS) is 10.3. The zero-order chi connectivity index (χ0) is 17.0. The van der Waals surface area contributed by atoms with Crippen LogP contribution in [-0.2, 0) is 4.79 Å². The quantitative estimate of drug-likeness (QED) is 0.688. The van der Waals surface area contributed by atoms with Gasteiger partial charge in [0.1, 0.15) is 5.75 Å². The van der Waals surface area contributed by atoms with E-state index >= 15 is 0 Å². The Morgan fingerprint density at radius 2 is 2.00 bits per heavy atom. The Morgan fingerprint density at radius 3 is 2.70 bits per heavy atom. The maximum Gasteiger partial charge on any atom is 0.262 e. The van der Waals surface area contributed by atoms with E-state index in [1.54, 1.807) is 12.1 Å². The molecule has 23 heavy (non-hydrogen) atoms. The predicted molar refractivity (Wildman–Crippen MR) is 97.3 cm³/mol. The average Bonchev–Trinajstić information content (AvgIpc) is 2.50. The van der Waals surface area contributed by atoms with Gasteiger partial charge in [0.05, 0.1) is 10.0 Å². The Hall–Kier alpha value is -1.66. The molecule has 0 bridgehead atoms. The minimum atomic E-state index is -0.287. The van der Waals surface area contributed by atoms with Gasteiger partial charge in [-0.1, -0.05) is 28.1 Å². The molecule has 0 aliphatic heterocycles. The van der Waals surface area contributed by atoms with E-state index < -0.39 is 0 Å². The summed E-state index contributed by atoms with van der Waals surface area (Å²) in [4.78, 5) is 23.2. The number of rotatable bonds is 5. The van der Waals surface area contributed by atoms with Crippen LogP contribution in [0.3, 0.4) is 0 Å². The van der Waals surface area contributed by atoms with E-state index in [1.165, 1.54) is 0 Å². The molecule has 0 saturated heterocycles. The van der Waals surface area contributed by atoms with E-state index in [9.17, 15) is 9.59 Å². The van der Waals surface area contributed by atoms with Crippen molar-refractivity contribution in [3.05, 3.63) is 56.0 Å². The van der Waals surface area contributed by atoms with Gasteiger partial charge in [0.25, 0.3) is 5.91 Å². The summed E-state index contributed by atoms with van der Waals surface area (Å²) in [6.45, 7) is 3.74. The monoisotopic (exact) mass is 439 g/mol. The summed E-state index contributed by atoms with van der Waals surface area (Å²) in [6, 6.07) is 9.10. The van der Waals surface area contributed by atoms with E-state index in [2.05, 4.69) is 37.2 Å². The molecule has 0 saturated carbocycles. The molecule has 6 heteroatoms. The Bertz CT molecular complexity index is 760. The molecule has 1 N–H and O–H groups in total. The molecule has 0 aromatic heterocycles. The van der Waals surface area contributed by atoms with Crippen LogP contribution in [0, 0.1) is 13.8 Å². The standard InChI is InChI=1S/C17H15Br2NO3/c1-10-4-3-5-15(11(10)2)20-16(22)9-23-17-12(8-21)6-13(18)7-14(17)19/h3-8H,9H2,1-2H3,(H,20,22). The van der Waals surface area contributed by atoms with E-state index in [0.29, 0.717) is 22.1 Å². The minimum Gasteiger partial charge on any atom is -0.482 e. The van der Waals surface area contributed by atoms with Gasteiger partial charge >= 0.3 is 0 Å². The number of carbonyl (C=O) groups is 2. The molecule has 0 unspecified atom stereocenters. The highest BCUT2D eigenvalue weighted by atomic mass is 79.9. The molecule has 0 fully saturated rings. The fourth-order valence-electron chi connectivity index (χ4n) is 2.03. The third-order valence-corrected chi connectivity index (χ3v) is 4.44. The first-order valence-corrected chi connectivity index (χ1v) is 8.44. The number of carbonyl (C=O) groups excluding carboxylic acids is 2. The van der Waals surface area contributed by atoms with Gasteiger partial charge in [0, 0.05) is 10.2 Å². The minimum absolute atomic E-state index is 0.186. The topological polar surface area (TPSA) is 55.4 Å². The maximum absolute atomic E-state index is 12.1. The largest absolute Gasteiger partial charge is 0.482 e. The lowest BCUT2D eigenvalue weighted by atomic mass is 10.1. The number of halogens is 2. The van der Waals surface area contributed by atoms with Crippen molar-refractivity contribution in [3.8, 4) is 5.75 Å². The Morgan fingerprint density at radius 1 is 1.26 bits per heavy atom. The van der Waals surface area contributed by atoms with Crippen molar-refractivity contribution in [1.29, 1.82) is 0 Å². The van der Waals surface area contributed by atoms with Crippen molar-refractivity contribution < 1.29 is 14.3 Å². The first-order valence-electron chi connectivity index (χ1n) is 6.85. The number of nitrogens with one attached hydrogen (secondary N) is 1. The summed E-state index contributed by atoms with van der Waals surface area (Å²) < 4.78 is 6.86. The van der Waals surface area contributed by atoms with Crippen LogP contribution in [0.1, 0.15) is 21.5 Å². The SMILES string of the molecule is Cc1cccc(NC(=O)COc2c(Br)cc(Br)cc2C=O)c1C. The summed E-state index contributed by atoms with van der Waals surface area (Å²) in [5, 5.41) is 2.81. The van der Waals surface area contributed by atoms with Crippen LogP contribution < -0.4 is 10.1 Å². The molecule has 0 heterocycles. The molecule has 0 aliphatic rings. The summed E-state index contributed by atoms with van der Waals surface area (Å²) in [7, 11) is 0. The van der Waals surface area contributed by atoms with Gasteiger partial charge in [-0.2, -0.15) is 0 Å². The number of aldehydes is 1. The van der Waals surface area contributed by atoms with Crippen LogP contribution in [0.2, 0.25) is 0 Å². The second-order valence-corrected chi connectivity index (χ2v) is 6.78. The number of amides is 1. The van der Waals surface area contributed by atoms with E-state index in [4.69, 9.17) is 4.74 Å². The molecular weight excluding hydrogens is 426 g/mol. The van der Waals surface area contributed by atoms with Crippen molar-refractivity contribution in [2.24, 2.45) is 0 Å². The molecule has 120 valence electrons. The number of ether oxygens (including phenoxy) is 1. The summed E-state index contributed by atoms with van der Waals surface area (Å²) in [5.74, 6) is 0.0599. The lowest BCUT2D eigenvalue weighted by molar-refractivity contribution is -0.118. The molecule has 0 atom stereocenters. The zero-order valence-electron chi connectivity index (χ0n) is 12.7. The third-order valence-electron chi connectivity index (χ3n) is 3.39. The van der Waals surface area contributed by atoms with Crippen LogP contribution in [0.4, 0.5) is 5.69 Å². The van der Waals surface area contributed by atoms with Gasteiger partial charge in [-0.3, -0.25) is 9.59 Å². The molecule has 0 aliphatic carbocycles. The molecule has 0 radical (unpaired) electrons. The number of hydrogen-bond acceptors (Lipinski definition) is 3. The molecule has 4 nitrogen and oxygen atoms in total. The van der Waals surface area contributed by atoms with Gasteiger partial charge in [0.2, 0.25) is 0 Å². The van der Waals surface area contributed by atoms with Crippen LogP contribution in [0.25, 0.3) is 0 Å². The first kappa shape index (κ1) is 17.7. The van der Waals surface area contributed by atoms with Crippen molar-refractivity contribution in [2.45, 2.75) is 13.8 Å². The highest BCUT2D eigenvalue weighted by Gasteiger charge is 2.12. The molecule has 2 aromatic carbocycles. The molecule has 0 spiro atoms. The Labute approximate surface area is 151 Å². The van der Waals surface area contributed by atoms with Crippen LogP contribution in [-0.4, -0.2) is 18.8 Å². The number of aryl methyl sites for hydroxylation is 1. The summed E-state index contributed by atoms with van der Waals surface area (Å²) >= 11 is 6.63. The van der Waals surface area contributed by atoms with Gasteiger partial charge in [-0.05, 0) is 59.1 Å². The second-order valence-electron chi connectivity index (χ2n) is 5.01. The van der Waals surface area contributed by atoms with Gasteiger partial charge in [-0.15, -0.1) is 0 Å². The number of anilines is 1. The summed E-state index contributed by atoms with van der Waals surface area (Å²) in [6.07, 6.45) is 0.688. The van der Waals surface area contributed by atoms with Gasteiger partial charge in [0.15, 0.2) is 12.9 Å². The lowest BCUT2D eigenvalue weighted by Crippen LogP contribution is -2.21. The number of benzene rings is 2. The fourth-order valence-corrected chi connectivity index (χ4v) is 3.40.